The fourth-order valence-electron chi connectivity index (χ4n) is 13.9. The monoisotopic (exact) mass is 1580 g/mol. The molecule has 0 aliphatic heterocycles. The fourth-order valence-corrected chi connectivity index (χ4v) is 15.4. The van der Waals surface area contributed by atoms with Crippen LogP contribution in [0.1, 0.15) is 472 Å². The van der Waals surface area contributed by atoms with E-state index in [1.807, 2.05) is 0 Å². The van der Waals surface area contributed by atoms with Crippen molar-refractivity contribution in [3.63, 3.8) is 0 Å². The van der Waals surface area contributed by atoms with Gasteiger partial charge in [0.05, 0.1) is 26.4 Å². The van der Waals surface area contributed by atoms with Crippen LogP contribution in [-0.2, 0) is 65.4 Å². The third-order valence-electron chi connectivity index (χ3n) is 21.2. The van der Waals surface area contributed by atoms with Gasteiger partial charge in [-0.05, 0) is 43.4 Å². The van der Waals surface area contributed by atoms with Crippen LogP contribution in [0.2, 0.25) is 0 Å². The van der Waals surface area contributed by atoms with Crippen LogP contribution in [0.3, 0.4) is 0 Å². The summed E-state index contributed by atoms with van der Waals surface area (Å²) >= 11 is 0. The lowest BCUT2D eigenvalue weighted by atomic mass is 9.99. The zero-order valence-corrected chi connectivity index (χ0v) is 73.1. The van der Waals surface area contributed by atoms with Gasteiger partial charge in [-0.25, -0.2) is 9.13 Å². The minimum Gasteiger partial charge on any atom is -0.462 e. The molecule has 0 heterocycles. The minimum absolute atomic E-state index is 0.107. The first kappa shape index (κ1) is 106. The van der Waals surface area contributed by atoms with Crippen LogP contribution in [0.15, 0.2) is 0 Å². The second kappa shape index (κ2) is 78.9. The highest BCUT2D eigenvalue weighted by Gasteiger charge is 2.31. The van der Waals surface area contributed by atoms with Gasteiger partial charge >= 0.3 is 39.5 Å². The second-order valence-corrected chi connectivity index (χ2v) is 36.1. The zero-order chi connectivity index (χ0) is 79.3. The standard InChI is InChI=1S/C89H174O17P2/c1-8-10-11-12-13-14-15-16-17-18-19-20-21-22-23-26-33-38-43-50-58-65-72-88(93)105-84(76-99-86(91)70-63-56-49-42-37-32-27-24-25-30-35-40-46-53-60-67-80(3)4)78-103-107(95,96)101-74-83(90)75-102-108(97,98)104-79-85(77-100-87(92)71-64-57-52-45-47-54-61-68-81(5)6)106-89(94)73-66-59-51-44-39-34-29-28-31-36-41-48-55-62-69-82(7)9-2/h80-85,90H,8-79H2,1-7H3,(H,95,96)(H,97,98)/t82?,83-,84-,85-/m1/s1. The lowest BCUT2D eigenvalue weighted by Crippen LogP contribution is -2.30. The van der Waals surface area contributed by atoms with Gasteiger partial charge in [-0.1, -0.05) is 421 Å². The Labute approximate surface area is 664 Å². The van der Waals surface area contributed by atoms with Crippen molar-refractivity contribution in [2.24, 2.45) is 17.8 Å². The first-order valence-corrected chi connectivity index (χ1v) is 48.9. The molecule has 108 heavy (non-hydrogen) atoms. The van der Waals surface area contributed by atoms with Crippen molar-refractivity contribution in [1.29, 1.82) is 0 Å². The summed E-state index contributed by atoms with van der Waals surface area (Å²) in [6.45, 7) is 12.0. The number of hydrogen-bond acceptors (Lipinski definition) is 15. The van der Waals surface area contributed by atoms with Crippen molar-refractivity contribution in [2.45, 2.75) is 491 Å². The molecule has 0 aliphatic rings. The van der Waals surface area contributed by atoms with Gasteiger partial charge in [-0.3, -0.25) is 37.3 Å². The van der Waals surface area contributed by atoms with Crippen LogP contribution in [0.4, 0.5) is 0 Å². The summed E-state index contributed by atoms with van der Waals surface area (Å²) in [5.41, 5.74) is 0. The molecule has 6 atom stereocenters. The Morgan fingerprint density at radius 1 is 0.269 bits per heavy atom. The van der Waals surface area contributed by atoms with E-state index in [9.17, 15) is 43.2 Å². The smallest absolute Gasteiger partial charge is 0.462 e. The van der Waals surface area contributed by atoms with Gasteiger partial charge in [0, 0.05) is 25.7 Å². The molecular weight excluding hydrogens is 1400 g/mol. The summed E-state index contributed by atoms with van der Waals surface area (Å²) in [5, 5.41) is 10.7. The molecule has 0 saturated carbocycles. The molecule has 0 aliphatic carbocycles. The van der Waals surface area contributed by atoms with E-state index in [-0.39, 0.29) is 25.7 Å². The molecule has 0 fully saturated rings. The maximum atomic E-state index is 13.2. The number of rotatable bonds is 87. The highest BCUT2D eigenvalue weighted by atomic mass is 31.2. The number of hydrogen-bond donors (Lipinski definition) is 3. The Hall–Kier alpha value is -1.94. The molecular formula is C89H174O17P2. The summed E-state index contributed by atoms with van der Waals surface area (Å²) in [6.07, 6.45) is 71.0. The molecule has 0 radical (unpaired) electrons. The highest BCUT2D eigenvalue weighted by molar-refractivity contribution is 7.47. The quantitative estimate of drug-likeness (QED) is 0.0222. The van der Waals surface area contributed by atoms with Crippen molar-refractivity contribution >= 4 is 39.5 Å². The van der Waals surface area contributed by atoms with E-state index in [1.54, 1.807) is 0 Å². The maximum Gasteiger partial charge on any atom is 0.472 e. The third kappa shape index (κ3) is 80.7. The summed E-state index contributed by atoms with van der Waals surface area (Å²) in [7, 11) is -9.93. The molecule has 19 heteroatoms. The molecule has 0 bridgehead atoms. The number of unbranched alkanes of at least 4 members (excludes halogenated alkanes) is 54. The molecule has 642 valence electrons. The van der Waals surface area contributed by atoms with Gasteiger partial charge in [-0.2, -0.15) is 0 Å². The van der Waals surface area contributed by atoms with Gasteiger partial charge in [-0.15, -0.1) is 0 Å². The Kier molecular flexibility index (Phi) is 77.5. The van der Waals surface area contributed by atoms with Crippen LogP contribution in [0, 0.1) is 17.8 Å². The van der Waals surface area contributed by atoms with Gasteiger partial charge in [0.2, 0.25) is 0 Å². The van der Waals surface area contributed by atoms with Crippen LogP contribution < -0.4 is 0 Å². The predicted octanol–water partition coefficient (Wildman–Crippen LogP) is 27.3. The lowest BCUT2D eigenvalue weighted by Gasteiger charge is -2.21. The first-order chi connectivity index (χ1) is 52.3. The number of esters is 4. The summed E-state index contributed by atoms with van der Waals surface area (Å²) in [5.74, 6) is 0.254. The second-order valence-electron chi connectivity index (χ2n) is 33.2. The number of ether oxygens (including phenoxy) is 4. The van der Waals surface area contributed by atoms with Gasteiger partial charge in [0.15, 0.2) is 12.2 Å². The Balaban J connectivity index is 5.22. The summed E-state index contributed by atoms with van der Waals surface area (Å²) in [4.78, 5) is 73.3. The molecule has 0 spiro atoms. The molecule has 3 unspecified atom stereocenters. The molecule has 3 N–H and O–H groups in total. The average molecular weight is 1580 g/mol. The zero-order valence-electron chi connectivity index (χ0n) is 71.3. The van der Waals surface area contributed by atoms with E-state index < -0.39 is 97.5 Å². The largest absolute Gasteiger partial charge is 0.472 e. The minimum atomic E-state index is -4.97. The van der Waals surface area contributed by atoms with E-state index in [2.05, 4.69) is 48.5 Å². The molecule has 0 aromatic rings. The molecule has 0 saturated heterocycles. The molecule has 0 aromatic heterocycles. The predicted molar refractivity (Wildman–Crippen MR) is 446 cm³/mol. The van der Waals surface area contributed by atoms with E-state index in [0.29, 0.717) is 31.6 Å². The highest BCUT2D eigenvalue weighted by Crippen LogP contribution is 2.45. The molecule has 17 nitrogen and oxygen atoms in total. The third-order valence-corrected chi connectivity index (χ3v) is 23.1. The Morgan fingerprint density at radius 2 is 0.472 bits per heavy atom. The first-order valence-electron chi connectivity index (χ1n) is 45.9. The van der Waals surface area contributed by atoms with Crippen LogP contribution >= 0.6 is 15.6 Å². The number of carbonyl (C=O) groups is 4. The van der Waals surface area contributed by atoms with E-state index in [1.165, 1.54) is 276 Å². The number of phosphoric acid groups is 2. The van der Waals surface area contributed by atoms with Crippen molar-refractivity contribution in [2.75, 3.05) is 39.6 Å². The topological polar surface area (TPSA) is 237 Å². The van der Waals surface area contributed by atoms with Gasteiger partial charge in [0.25, 0.3) is 0 Å². The Morgan fingerprint density at radius 3 is 0.704 bits per heavy atom. The summed E-state index contributed by atoms with van der Waals surface area (Å²) in [6, 6.07) is 0. The van der Waals surface area contributed by atoms with Crippen molar-refractivity contribution in [3.8, 4) is 0 Å². The SMILES string of the molecule is CCCCCCCCCCCCCCCCCCCCCCCCC(=O)O[C@H](COC(=O)CCCCCCCCCCCCCCCCCC(C)C)COP(=O)(O)OC[C@@H](O)COP(=O)(O)OC[C@@H](COC(=O)CCCCCCCCCC(C)C)OC(=O)CCCCCCCCCCCCCCCCC(C)CC. The van der Waals surface area contributed by atoms with Gasteiger partial charge in [0.1, 0.15) is 19.3 Å². The lowest BCUT2D eigenvalue weighted by molar-refractivity contribution is -0.161. The van der Waals surface area contributed by atoms with Crippen molar-refractivity contribution < 1.29 is 80.2 Å². The molecule has 0 aromatic carbocycles. The average Bonchev–Trinajstić information content (AvgIpc) is 0.899. The van der Waals surface area contributed by atoms with Gasteiger partial charge < -0.3 is 33.8 Å². The van der Waals surface area contributed by atoms with Crippen LogP contribution in [0.5, 0.6) is 0 Å². The number of carbonyl (C=O) groups excluding carboxylic acids is 4. The van der Waals surface area contributed by atoms with E-state index >= 15 is 0 Å². The van der Waals surface area contributed by atoms with Crippen molar-refractivity contribution in [1.82, 2.24) is 0 Å². The van der Waals surface area contributed by atoms with E-state index in [0.717, 1.165) is 108 Å². The fraction of sp³-hybridized carbons (Fsp3) is 0.955. The molecule has 0 rings (SSSR count). The van der Waals surface area contributed by atoms with E-state index in [4.69, 9.17) is 37.0 Å². The Bertz CT molecular complexity index is 2080. The van der Waals surface area contributed by atoms with Crippen LogP contribution in [-0.4, -0.2) is 96.7 Å². The van der Waals surface area contributed by atoms with Crippen LogP contribution in [0.25, 0.3) is 0 Å². The summed E-state index contributed by atoms with van der Waals surface area (Å²) < 4.78 is 69.0. The number of aliphatic hydroxyl groups is 1. The van der Waals surface area contributed by atoms with Crippen molar-refractivity contribution in [3.05, 3.63) is 0 Å². The normalized spacial score (nSPS) is 14.1. The number of aliphatic hydroxyl groups excluding tert-OH is 1. The number of phosphoric ester groups is 2. The molecule has 0 amide bonds. The maximum absolute atomic E-state index is 13.2.